The summed E-state index contributed by atoms with van der Waals surface area (Å²) in [6.07, 6.45) is 1.85. The van der Waals surface area contributed by atoms with E-state index < -0.39 is 50.8 Å². The number of nitrogen functional groups attached to an aromatic ring is 1. The smallest absolute Gasteiger partial charge is 0.744 e. The Kier molecular flexibility index (Phi) is 28.3. The molecule has 0 saturated heterocycles. The van der Waals surface area contributed by atoms with E-state index >= 15 is 0 Å². The Morgan fingerprint density at radius 2 is 0.950 bits per heavy atom. The fraction of sp³-hybridized carbons (Fsp3) is 0.187. The normalized spacial score (nSPS) is 12.4. The minimum atomic E-state index is -5.11. The molecule has 0 fully saturated rings. The largest absolute Gasteiger partial charge is 1.00 e. The number of anilines is 7. The zero-order valence-corrected chi connectivity index (χ0v) is 75.8. The first kappa shape index (κ1) is 92.6. The predicted octanol–water partition coefficient (Wildman–Crippen LogP) is 10.7. The van der Waals surface area contributed by atoms with Gasteiger partial charge in [0.1, 0.15) is 47.6 Å². The van der Waals surface area contributed by atoms with E-state index in [2.05, 4.69) is 87.1 Å². The first-order chi connectivity index (χ1) is 54.8. The van der Waals surface area contributed by atoms with Crippen molar-refractivity contribution in [1.29, 1.82) is 0 Å². The van der Waals surface area contributed by atoms with Crippen molar-refractivity contribution in [2.45, 2.75) is 130 Å². The second-order valence-electron chi connectivity index (χ2n) is 29.9. The number of ketones is 4. The van der Waals surface area contributed by atoms with Gasteiger partial charge in [-0.1, -0.05) is 160 Å². The van der Waals surface area contributed by atoms with Gasteiger partial charge in [0.15, 0.2) is 28.9 Å². The van der Waals surface area contributed by atoms with Gasteiger partial charge >= 0.3 is 69.7 Å². The Morgan fingerprint density at radius 1 is 0.479 bits per heavy atom. The van der Waals surface area contributed by atoms with Crippen LogP contribution < -0.4 is 101 Å². The molecular formula is C91H83N4Na2O18S4-. The minimum absolute atomic E-state index is 0. The molecule has 1 aliphatic heterocycles. The zero-order valence-electron chi connectivity index (χ0n) is 68.6. The fourth-order valence-electron chi connectivity index (χ4n) is 15.3. The zero-order chi connectivity index (χ0) is 85.7. The van der Waals surface area contributed by atoms with Gasteiger partial charge < -0.3 is 44.8 Å². The maximum Gasteiger partial charge on any atom is 1.00 e. The van der Waals surface area contributed by atoms with Gasteiger partial charge in [-0.15, -0.1) is 12.6 Å². The number of hydrogen-bond acceptors (Lipinski definition) is 22. The summed E-state index contributed by atoms with van der Waals surface area (Å²) in [5, 5.41) is 11.3. The van der Waals surface area contributed by atoms with Crippen LogP contribution in [0.15, 0.2) is 197 Å². The quantitative estimate of drug-likeness (QED) is 0.0302. The van der Waals surface area contributed by atoms with E-state index in [9.17, 15) is 58.1 Å². The second kappa shape index (κ2) is 36.4. The van der Waals surface area contributed by atoms with Crippen molar-refractivity contribution in [3.05, 3.63) is 315 Å². The van der Waals surface area contributed by atoms with Crippen molar-refractivity contribution < 1.29 is 139 Å². The molecule has 0 atom stereocenters. The summed E-state index contributed by atoms with van der Waals surface area (Å²) in [5.41, 5.74) is 25.3. The monoisotopic (exact) mass is 1690 g/mol. The van der Waals surface area contributed by atoms with Crippen LogP contribution in [0.4, 0.5) is 39.8 Å². The molecule has 0 bridgehead atoms. The summed E-state index contributed by atoms with van der Waals surface area (Å²) < 4.78 is 144. The molecule has 0 spiro atoms. The Hall–Kier alpha value is -10.3. The number of rotatable bonds is 16. The topological polar surface area (TPSA) is 372 Å². The Labute approximate surface area is 738 Å². The van der Waals surface area contributed by atoms with E-state index in [0.717, 1.165) is 80.9 Å². The summed E-state index contributed by atoms with van der Waals surface area (Å²) in [5.74, 6) is 0.586. The molecule has 11 aromatic carbocycles. The van der Waals surface area contributed by atoms with Crippen LogP contribution in [0.3, 0.4) is 0 Å². The molecule has 14 rings (SSSR count). The van der Waals surface area contributed by atoms with Crippen molar-refractivity contribution in [3.63, 3.8) is 0 Å². The number of carbonyl (C=O) groups is 4. The number of ether oxygens (including phenoxy) is 2. The van der Waals surface area contributed by atoms with Crippen LogP contribution in [0.5, 0.6) is 23.0 Å². The van der Waals surface area contributed by atoms with Crippen molar-refractivity contribution in [2.24, 2.45) is 0 Å². The van der Waals surface area contributed by atoms with E-state index in [1.54, 1.807) is 130 Å². The van der Waals surface area contributed by atoms with E-state index in [1.165, 1.54) is 11.1 Å². The number of nitrogens with two attached hydrogens (primary N) is 1. The Balaban J connectivity index is 0.000000200. The molecule has 1 heterocycles. The first-order valence-electron chi connectivity index (χ1n) is 36.7. The summed E-state index contributed by atoms with van der Waals surface area (Å²) >= 11 is 0. The van der Waals surface area contributed by atoms with Crippen LogP contribution >= 0.6 is 0 Å². The number of fused-ring (bicyclic) bond motifs is 6. The molecule has 0 unspecified atom stereocenters. The van der Waals surface area contributed by atoms with Crippen LogP contribution in [0, 0.1) is 76.2 Å². The molecule has 0 radical (unpaired) electrons. The molecular weight excluding hydrogens is 1610 g/mol. The summed E-state index contributed by atoms with van der Waals surface area (Å²) in [6.45, 7) is 35.6. The van der Waals surface area contributed by atoms with Crippen LogP contribution in [0.1, 0.15) is 175 Å². The minimum Gasteiger partial charge on any atom is -0.744 e. The molecule has 5 N–H and O–H groups in total. The number of carbonyl (C=O) groups excluding carboxylic acids is 4. The predicted molar refractivity (Wildman–Crippen MR) is 448 cm³/mol. The fourth-order valence-corrected chi connectivity index (χ4v) is 17.5. The summed E-state index contributed by atoms with van der Waals surface area (Å²) in [7, 11) is -17.9. The van der Waals surface area contributed by atoms with Gasteiger partial charge in [-0.3, -0.25) is 19.2 Å². The average molecular weight is 1690 g/mol. The molecule has 0 amide bonds. The van der Waals surface area contributed by atoms with E-state index in [-0.39, 0.29) is 132 Å². The standard InChI is InChI=1S/C37H38N2O3.C33H32N2O5S.C21H16O7S2.2Na.O3S/c1-8-21(2)20-37(6,7)25-13-15-26(16-14-25)42-30-19-29(39-34-23(4)17-22(3)18-24(34)5)31-32(33(30)38)36(41)28-12-10-9-11-27(28)35(31)40;1-16-14-17(2)29(21(6)20(16)5)34-25-12-13-26(28-27(25)31(36)23-10-8-9-11-24(23)32(28)37)35-30-18(3)15-19(4)33(22(30)7)41(38,39)40;1-12-3-6-15-18(9-12)28-19-10-13(2)4-7-16(19)21(15)17-8-5-14(29(22,23)24)11-20(17)30(25,26)27;;;1-4(2)3/h9-19,39H,2,8,20,38H2,1,3-7H3;8-15,34-35H,1-7H3,(H,38,39,40);3-11H,1H2,2H3,(H,22,23,24)(H,25,26,27);;;/q;;;2*+1;/p-3. The summed E-state index contributed by atoms with van der Waals surface area (Å²) in [6, 6.07) is 47.6. The van der Waals surface area contributed by atoms with Gasteiger partial charge in [0.2, 0.25) is 0 Å². The van der Waals surface area contributed by atoms with Crippen molar-refractivity contribution in [2.75, 3.05) is 21.7 Å². The molecule has 11 aromatic rings. The number of allylic oxidation sites excluding steroid dienone is 1. The van der Waals surface area contributed by atoms with Crippen molar-refractivity contribution in [3.8, 4) is 23.0 Å². The Morgan fingerprint density at radius 3 is 1.45 bits per heavy atom. The van der Waals surface area contributed by atoms with Gasteiger partial charge in [-0.2, -0.15) is 0 Å². The van der Waals surface area contributed by atoms with Crippen molar-refractivity contribution in [1.82, 2.24) is 0 Å². The molecule has 0 aromatic heterocycles. The molecule has 602 valence electrons. The summed E-state index contributed by atoms with van der Waals surface area (Å²) in [4.78, 5) is 53.7. The molecule has 119 heavy (non-hydrogen) atoms. The van der Waals surface area contributed by atoms with E-state index in [4.69, 9.17) is 27.8 Å². The van der Waals surface area contributed by atoms with Gasteiger partial charge in [0.25, 0.3) is 0 Å². The van der Waals surface area contributed by atoms with Gasteiger partial charge in [0.05, 0.1) is 59.7 Å². The molecule has 3 aliphatic rings. The third kappa shape index (κ3) is 19.5. The first-order valence-corrected chi connectivity index (χ1v) is 42.0. The second-order valence-corrected chi connectivity index (χ2v) is 34.3. The third-order valence-corrected chi connectivity index (χ3v) is 23.9. The number of hydrogen-bond donors (Lipinski definition) is 4. The van der Waals surface area contributed by atoms with E-state index in [1.807, 2.05) is 60.6 Å². The SMILES string of the molecule is C=C(CC)CC(C)(C)c1ccc(Oc2cc(Nc3c(C)cc(C)cc3C)c3c(c2N)C(=O)c2ccccc2C3=O)cc1.C=c1ccc2c(c1)Oc1cc(C)ccc1C=2c1ccc(S(=O)(=O)[O-])cc1S(=O)(=O)[O-].Cc1cc(C)c(Nc2ccc(Nc3c(C)cc(C)c(S(=O)(=O)[O-])c3C)c3c2C(=O)c2ccccc2C3=O)c(C)c1C.O=S(=O)=O.[Na+].[Na+]. The van der Waals surface area contributed by atoms with Crippen molar-refractivity contribution >= 4 is 116 Å². The average Bonchev–Trinajstić information content (AvgIpc) is 0.741. The maximum atomic E-state index is 14.0. The molecule has 0 saturated carbocycles. The van der Waals surface area contributed by atoms with Gasteiger partial charge in [-0.05, 0) is 209 Å². The molecule has 28 heteroatoms. The van der Waals surface area contributed by atoms with Crippen LogP contribution in [0.25, 0.3) is 12.2 Å². The Bertz CT molecular complexity index is 6700. The maximum absolute atomic E-state index is 14.0. The number of benzene rings is 11. The van der Waals surface area contributed by atoms with E-state index in [0.29, 0.717) is 107 Å². The third-order valence-electron chi connectivity index (χ3n) is 21.0. The van der Waals surface area contributed by atoms with Crippen LogP contribution in [-0.4, -0.2) is 74.7 Å². The number of nitrogens with one attached hydrogen (secondary N) is 3. The van der Waals surface area contributed by atoms with Crippen LogP contribution in [-0.2, 0) is 46.4 Å². The van der Waals surface area contributed by atoms with Crippen LogP contribution in [0.2, 0.25) is 0 Å². The number of aryl methyl sites for hydroxylation is 8. The molecule has 2 aliphatic carbocycles. The molecule has 22 nitrogen and oxygen atoms in total. The van der Waals surface area contributed by atoms with Gasteiger partial charge in [-0.25, -0.2) is 25.3 Å². The van der Waals surface area contributed by atoms with Gasteiger partial charge in [0, 0.05) is 67.3 Å².